The molecule has 98 valence electrons. The summed E-state index contributed by atoms with van der Waals surface area (Å²) >= 11 is 0. The van der Waals surface area contributed by atoms with Gasteiger partial charge in [-0.15, -0.1) is 0 Å². The fourth-order valence-corrected chi connectivity index (χ4v) is 1.76. The SMILES string of the molecule is CC(=O)O.OC1C=CC(OC2CCCCO2)C1. The first kappa shape index (κ1) is 14.2. The fraction of sp³-hybridized carbons (Fsp3) is 0.750. The van der Waals surface area contributed by atoms with Crippen LogP contribution in [0.5, 0.6) is 0 Å². The van der Waals surface area contributed by atoms with E-state index in [1.807, 2.05) is 6.08 Å². The van der Waals surface area contributed by atoms with Crippen molar-refractivity contribution in [2.45, 2.75) is 51.1 Å². The van der Waals surface area contributed by atoms with Crippen molar-refractivity contribution in [3.05, 3.63) is 12.2 Å². The van der Waals surface area contributed by atoms with Crippen molar-refractivity contribution in [3.8, 4) is 0 Å². The number of aliphatic hydroxyl groups is 1. The molecule has 3 unspecified atom stereocenters. The zero-order valence-electron chi connectivity index (χ0n) is 10.0. The molecule has 1 aliphatic heterocycles. The van der Waals surface area contributed by atoms with E-state index in [1.165, 1.54) is 6.42 Å². The van der Waals surface area contributed by atoms with E-state index < -0.39 is 5.97 Å². The van der Waals surface area contributed by atoms with Crippen LogP contribution in [-0.2, 0) is 14.3 Å². The van der Waals surface area contributed by atoms with Crippen molar-refractivity contribution in [2.75, 3.05) is 6.61 Å². The zero-order valence-corrected chi connectivity index (χ0v) is 10.0. The van der Waals surface area contributed by atoms with Gasteiger partial charge in [0, 0.05) is 20.0 Å². The fourth-order valence-electron chi connectivity index (χ4n) is 1.76. The molecular formula is C12H20O5. The molecule has 1 aliphatic carbocycles. The van der Waals surface area contributed by atoms with Crippen LogP contribution >= 0.6 is 0 Å². The average Bonchev–Trinajstić information content (AvgIpc) is 2.65. The highest BCUT2D eigenvalue weighted by Crippen LogP contribution is 2.20. The van der Waals surface area contributed by atoms with Gasteiger partial charge in [-0.25, -0.2) is 0 Å². The molecule has 0 bridgehead atoms. The molecule has 1 saturated heterocycles. The first-order chi connectivity index (χ1) is 8.08. The lowest BCUT2D eigenvalue weighted by Gasteiger charge is -2.25. The van der Waals surface area contributed by atoms with Crippen LogP contribution in [0, 0.1) is 0 Å². The molecule has 2 N–H and O–H groups in total. The van der Waals surface area contributed by atoms with E-state index in [4.69, 9.17) is 19.4 Å². The number of ether oxygens (including phenoxy) is 2. The lowest BCUT2D eigenvalue weighted by molar-refractivity contribution is -0.179. The summed E-state index contributed by atoms with van der Waals surface area (Å²) in [5.41, 5.74) is 0. The molecule has 3 atom stereocenters. The third kappa shape index (κ3) is 6.41. The number of aliphatic hydroxyl groups excluding tert-OH is 1. The maximum Gasteiger partial charge on any atom is 0.300 e. The summed E-state index contributed by atoms with van der Waals surface area (Å²) < 4.78 is 11.1. The second-order valence-electron chi connectivity index (χ2n) is 4.18. The smallest absolute Gasteiger partial charge is 0.300 e. The molecule has 2 aliphatic rings. The molecule has 0 radical (unpaired) electrons. The van der Waals surface area contributed by atoms with Crippen LogP contribution in [0.2, 0.25) is 0 Å². The van der Waals surface area contributed by atoms with Crippen LogP contribution in [0.25, 0.3) is 0 Å². The lowest BCUT2D eigenvalue weighted by atomic mass is 10.2. The highest BCUT2D eigenvalue weighted by atomic mass is 16.7. The van der Waals surface area contributed by atoms with Gasteiger partial charge in [0.1, 0.15) is 0 Å². The summed E-state index contributed by atoms with van der Waals surface area (Å²) in [4.78, 5) is 9.00. The Morgan fingerprint density at radius 3 is 2.59 bits per heavy atom. The third-order valence-corrected chi connectivity index (χ3v) is 2.49. The number of hydrogen-bond acceptors (Lipinski definition) is 4. The van der Waals surface area contributed by atoms with Crippen LogP contribution in [-0.4, -0.2) is 41.3 Å². The third-order valence-electron chi connectivity index (χ3n) is 2.49. The first-order valence-electron chi connectivity index (χ1n) is 5.91. The molecule has 0 aromatic rings. The number of rotatable bonds is 2. The second-order valence-corrected chi connectivity index (χ2v) is 4.18. The topological polar surface area (TPSA) is 76.0 Å². The second kappa shape index (κ2) is 7.42. The van der Waals surface area contributed by atoms with Gasteiger partial charge in [0.05, 0.1) is 12.2 Å². The van der Waals surface area contributed by atoms with E-state index in [2.05, 4.69) is 0 Å². The highest BCUT2D eigenvalue weighted by Gasteiger charge is 2.22. The molecule has 0 saturated carbocycles. The standard InChI is InChI=1S/C10H16O3.C2H4O2/c11-8-4-5-9(7-8)13-10-3-1-2-6-12-10;1-2(3)4/h4-5,8-11H,1-3,6-7H2;1H3,(H,3,4). The molecule has 0 aromatic heterocycles. The van der Waals surface area contributed by atoms with Gasteiger partial charge < -0.3 is 19.7 Å². The molecule has 5 nitrogen and oxygen atoms in total. The molecule has 0 spiro atoms. The summed E-state index contributed by atoms with van der Waals surface area (Å²) in [5, 5.41) is 16.6. The minimum absolute atomic E-state index is 0.0475. The van der Waals surface area contributed by atoms with Gasteiger partial charge in [-0.2, -0.15) is 0 Å². The van der Waals surface area contributed by atoms with Crippen molar-refractivity contribution in [1.29, 1.82) is 0 Å². The summed E-state index contributed by atoms with van der Waals surface area (Å²) in [6.07, 6.45) is 7.38. The van der Waals surface area contributed by atoms with E-state index >= 15 is 0 Å². The summed E-state index contributed by atoms with van der Waals surface area (Å²) in [6, 6.07) is 0. The van der Waals surface area contributed by atoms with E-state index in [-0.39, 0.29) is 18.5 Å². The molecule has 1 heterocycles. The van der Waals surface area contributed by atoms with Gasteiger partial charge in [0.25, 0.3) is 5.97 Å². The van der Waals surface area contributed by atoms with Gasteiger partial charge in [-0.3, -0.25) is 4.79 Å². The number of carboxylic acid groups (broad SMARTS) is 1. The minimum atomic E-state index is -0.833. The molecule has 0 amide bonds. The van der Waals surface area contributed by atoms with Gasteiger partial charge in [0.15, 0.2) is 6.29 Å². The maximum atomic E-state index is 9.22. The molecular weight excluding hydrogens is 224 g/mol. The van der Waals surface area contributed by atoms with E-state index in [9.17, 15) is 5.11 Å². The molecule has 5 heteroatoms. The normalized spacial score (nSPS) is 31.8. The number of carbonyl (C=O) groups is 1. The number of carboxylic acids is 1. The van der Waals surface area contributed by atoms with Crippen molar-refractivity contribution < 1.29 is 24.5 Å². The first-order valence-corrected chi connectivity index (χ1v) is 5.91. The van der Waals surface area contributed by atoms with Crippen LogP contribution < -0.4 is 0 Å². The summed E-state index contributed by atoms with van der Waals surface area (Å²) in [5.74, 6) is -0.833. The van der Waals surface area contributed by atoms with Crippen molar-refractivity contribution in [2.24, 2.45) is 0 Å². The van der Waals surface area contributed by atoms with Crippen molar-refractivity contribution in [3.63, 3.8) is 0 Å². The average molecular weight is 244 g/mol. The van der Waals surface area contributed by atoms with Gasteiger partial charge in [-0.05, 0) is 19.3 Å². The van der Waals surface area contributed by atoms with Crippen LogP contribution in [0.3, 0.4) is 0 Å². The van der Waals surface area contributed by atoms with Gasteiger partial charge in [-0.1, -0.05) is 12.2 Å². The minimum Gasteiger partial charge on any atom is -0.481 e. The zero-order chi connectivity index (χ0) is 12.7. The predicted octanol–water partition coefficient (Wildman–Crippen LogP) is 1.31. The number of hydrogen-bond donors (Lipinski definition) is 2. The summed E-state index contributed by atoms with van der Waals surface area (Å²) in [6.45, 7) is 1.89. The maximum absolute atomic E-state index is 9.22. The Kier molecular flexibility index (Phi) is 6.18. The Balaban J connectivity index is 0.000000317. The Hall–Kier alpha value is -0.910. The van der Waals surface area contributed by atoms with Crippen molar-refractivity contribution in [1.82, 2.24) is 0 Å². The molecule has 1 fully saturated rings. The number of aliphatic carboxylic acids is 1. The Morgan fingerprint density at radius 2 is 2.12 bits per heavy atom. The van der Waals surface area contributed by atoms with Crippen LogP contribution in [0.1, 0.15) is 32.6 Å². The van der Waals surface area contributed by atoms with Gasteiger partial charge in [0.2, 0.25) is 0 Å². The lowest BCUT2D eigenvalue weighted by Crippen LogP contribution is -2.26. The van der Waals surface area contributed by atoms with E-state index in [0.717, 1.165) is 26.4 Å². The largest absolute Gasteiger partial charge is 0.481 e. The van der Waals surface area contributed by atoms with Crippen LogP contribution in [0.15, 0.2) is 12.2 Å². The quantitative estimate of drug-likeness (QED) is 0.716. The van der Waals surface area contributed by atoms with Crippen molar-refractivity contribution >= 4 is 5.97 Å². The van der Waals surface area contributed by atoms with Gasteiger partial charge >= 0.3 is 0 Å². The monoisotopic (exact) mass is 244 g/mol. The van der Waals surface area contributed by atoms with Crippen LogP contribution in [0.4, 0.5) is 0 Å². The van der Waals surface area contributed by atoms with E-state index in [0.29, 0.717) is 6.42 Å². The highest BCUT2D eigenvalue weighted by molar-refractivity contribution is 5.62. The predicted molar refractivity (Wildman–Crippen MR) is 61.5 cm³/mol. The Morgan fingerprint density at radius 1 is 1.41 bits per heavy atom. The Labute approximate surface area is 101 Å². The van der Waals surface area contributed by atoms with E-state index in [1.54, 1.807) is 6.08 Å². The summed E-state index contributed by atoms with van der Waals surface area (Å²) in [7, 11) is 0. The molecule has 17 heavy (non-hydrogen) atoms. The molecule has 2 rings (SSSR count). The Bertz CT molecular complexity index is 254. The molecule has 0 aromatic carbocycles.